The Morgan fingerprint density at radius 1 is 0.885 bits per heavy atom. The smallest absolute Gasteiger partial charge is 0.0928 e. The predicted octanol–water partition coefficient (Wildman–Crippen LogP) is 7.50. The van der Waals surface area contributed by atoms with Crippen LogP contribution in [0.5, 0.6) is 0 Å². The van der Waals surface area contributed by atoms with Gasteiger partial charge in [0.25, 0.3) is 0 Å². The van der Waals surface area contributed by atoms with Crippen LogP contribution < -0.4 is 0 Å². The molecule has 138 valence electrons. The van der Waals surface area contributed by atoms with Crippen molar-refractivity contribution < 1.29 is 4.39 Å². The summed E-state index contributed by atoms with van der Waals surface area (Å²) in [4.78, 5) is 0. The van der Waals surface area contributed by atoms with Gasteiger partial charge in [-0.3, -0.25) is 4.39 Å². The van der Waals surface area contributed by atoms with Gasteiger partial charge in [-0.15, -0.1) is 0 Å². The second-order valence-corrected chi connectivity index (χ2v) is 7.59. The minimum absolute atomic E-state index is 0.237. The molecule has 3 rings (SSSR count). The van der Waals surface area contributed by atoms with E-state index < -0.39 is 0 Å². The number of hydrogen-bond acceptors (Lipinski definition) is 0. The highest BCUT2D eigenvalue weighted by Crippen LogP contribution is 2.37. The zero-order chi connectivity index (χ0) is 18.2. The first-order valence-corrected chi connectivity index (χ1v) is 10.2. The third-order valence-electron chi connectivity index (χ3n) is 5.66. The molecular formula is C25H31F. The zero-order valence-corrected chi connectivity index (χ0v) is 16.0. The first-order valence-electron chi connectivity index (χ1n) is 10.2. The molecule has 26 heavy (non-hydrogen) atoms. The van der Waals surface area contributed by atoms with Crippen molar-refractivity contribution in [3.05, 3.63) is 71.8 Å². The molecule has 0 aromatic heterocycles. The van der Waals surface area contributed by atoms with Gasteiger partial charge in [0.05, 0.1) is 6.67 Å². The van der Waals surface area contributed by atoms with E-state index in [2.05, 4.69) is 61.5 Å². The highest BCUT2D eigenvalue weighted by atomic mass is 19.1. The van der Waals surface area contributed by atoms with Crippen LogP contribution in [0.15, 0.2) is 60.7 Å². The molecule has 0 amide bonds. The Morgan fingerprint density at radius 3 is 2.08 bits per heavy atom. The Morgan fingerprint density at radius 2 is 1.50 bits per heavy atom. The van der Waals surface area contributed by atoms with E-state index in [4.69, 9.17) is 0 Å². The summed E-state index contributed by atoms with van der Waals surface area (Å²) < 4.78 is 12.2. The molecule has 0 aliphatic heterocycles. The Labute approximate surface area is 158 Å². The van der Waals surface area contributed by atoms with Gasteiger partial charge in [0.1, 0.15) is 0 Å². The van der Waals surface area contributed by atoms with Crippen LogP contribution in [0.3, 0.4) is 0 Å². The fourth-order valence-electron chi connectivity index (χ4n) is 4.10. The minimum atomic E-state index is -0.237. The van der Waals surface area contributed by atoms with Crippen LogP contribution in [-0.2, 0) is 6.42 Å². The Balaban J connectivity index is 1.58. The molecule has 0 heterocycles. The molecule has 1 saturated carbocycles. The average molecular weight is 351 g/mol. The van der Waals surface area contributed by atoms with Gasteiger partial charge in [-0.2, -0.15) is 0 Å². The average Bonchev–Trinajstić information content (AvgIpc) is 2.70. The fourth-order valence-corrected chi connectivity index (χ4v) is 4.10. The fraction of sp³-hybridized carbons (Fsp3) is 0.440. The van der Waals surface area contributed by atoms with Crippen molar-refractivity contribution >= 4 is 0 Å². The van der Waals surface area contributed by atoms with Gasteiger partial charge < -0.3 is 0 Å². The number of allylic oxidation sites excluding steroid dienone is 2. The molecule has 0 bridgehead atoms. The van der Waals surface area contributed by atoms with Crippen LogP contribution in [0.4, 0.5) is 4.39 Å². The lowest BCUT2D eigenvalue weighted by Gasteiger charge is -2.27. The molecule has 1 heteroatoms. The normalized spacial score (nSPS) is 20.5. The summed E-state index contributed by atoms with van der Waals surface area (Å²) >= 11 is 0. The maximum Gasteiger partial charge on any atom is 0.0928 e. The van der Waals surface area contributed by atoms with Crippen LogP contribution >= 0.6 is 0 Å². The maximum atomic E-state index is 12.2. The van der Waals surface area contributed by atoms with Crippen LogP contribution in [0, 0.1) is 5.92 Å². The minimum Gasteiger partial charge on any atom is -0.251 e. The van der Waals surface area contributed by atoms with Gasteiger partial charge in [0, 0.05) is 0 Å². The van der Waals surface area contributed by atoms with Crippen molar-refractivity contribution in [2.75, 3.05) is 6.67 Å². The molecule has 2 aromatic rings. The van der Waals surface area contributed by atoms with E-state index in [9.17, 15) is 4.39 Å². The second-order valence-electron chi connectivity index (χ2n) is 7.59. The van der Waals surface area contributed by atoms with Crippen molar-refractivity contribution in [2.45, 2.75) is 57.8 Å². The van der Waals surface area contributed by atoms with Crippen LogP contribution in [0.1, 0.15) is 62.5 Å². The SMILES string of the molecule is CCCc1ccc(-c2ccc([C@H]3CC[C@H](C=CCCF)CC3)cc2)cc1. The lowest BCUT2D eigenvalue weighted by molar-refractivity contribution is 0.375. The molecule has 1 fully saturated rings. The highest BCUT2D eigenvalue weighted by Gasteiger charge is 2.20. The van der Waals surface area contributed by atoms with Crippen molar-refractivity contribution in [3.8, 4) is 11.1 Å². The molecule has 1 aliphatic rings. The monoisotopic (exact) mass is 350 g/mol. The van der Waals surface area contributed by atoms with Crippen LogP contribution in [-0.4, -0.2) is 6.67 Å². The van der Waals surface area contributed by atoms with E-state index in [1.54, 1.807) is 0 Å². The summed E-state index contributed by atoms with van der Waals surface area (Å²) in [6.07, 6.45) is 12.1. The summed E-state index contributed by atoms with van der Waals surface area (Å²) in [7, 11) is 0. The van der Waals surface area contributed by atoms with Gasteiger partial charge in [-0.25, -0.2) is 0 Å². The van der Waals surface area contributed by atoms with Gasteiger partial charge in [0.2, 0.25) is 0 Å². The number of alkyl halides is 1. The summed E-state index contributed by atoms with van der Waals surface area (Å²) in [6.45, 7) is 1.99. The van der Waals surface area contributed by atoms with Gasteiger partial charge >= 0.3 is 0 Å². The largest absolute Gasteiger partial charge is 0.251 e. The second kappa shape index (κ2) is 9.71. The Hall–Kier alpha value is -1.89. The molecule has 0 radical (unpaired) electrons. The van der Waals surface area contributed by atoms with E-state index >= 15 is 0 Å². The maximum absolute atomic E-state index is 12.2. The highest BCUT2D eigenvalue weighted by molar-refractivity contribution is 5.64. The number of halogens is 1. The topological polar surface area (TPSA) is 0 Å². The Kier molecular flexibility index (Phi) is 7.05. The van der Waals surface area contributed by atoms with Crippen molar-refractivity contribution in [1.82, 2.24) is 0 Å². The van der Waals surface area contributed by atoms with Gasteiger partial charge in [-0.05, 0) is 72.6 Å². The predicted molar refractivity (Wildman–Crippen MR) is 110 cm³/mol. The van der Waals surface area contributed by atoms with Crippen molar-refractivity contribution in [3.63, 3.8) is 0 Å². The van der Waals surface area contributed by atoms with Crippen molar-refractivity contribution in [1.29, 1.82) is 0 Å². The summed E-state index contributed by atoms with van der Waals surface area (Å²) in [5.74, 6) is 1.33. The molecule has 0 saturated heterocycles. The van der Waals surface area contributed by atoms with E-state index in [1.807, 2.05) is 6.08 Å². The van der Waals surface area contributed by atoms with Crippen molar-refractivity contribution in [2.24, 2.45) is 5.92 Å². The van der Waals surface area contributed by atoms with E-state index in [0.29, 0.717) is 18.3 Å². The number of rotatable bonds is 7. The Bertz CT molecular complexity index is 673. The van der Waals surface area contributed by atoms with E-state index in [-0.39, 0.29) is 6.67 Å². The summed E-state index contributed by atoms with van der Waals surface area (Å²) in [6, 6.07) is 18.2. The standard InChI is InChI=1S/C25H31F/c1-2-5-20-7-11-22(12-8-20)24-15-17-25(18-16-24)23-13-9-21(10-14-23)6-3-4-19-26/h3,6-8,11-12,15-18,21,23H,2,4-5,9-10,13-14,19H2,1H3/t21-,23-. The van der Waals surface area contributed by atoms with Crippen LogP contribution in [0.25, 0.3) is 11.1 Å². The number of benzene rings is 2. The molecular weight excluding hydrogens is 319 g/mol. The van der Waals surface area contributed by atoms with Crippen LogP contribution in [0.2, 0.25) is 0 Å². The quantitative estimate of drug-likeness (QED) is 0.454. The van der Waals surface area contributed by atoms with Gasteiger partial charge in [0.15, 0.2) is 0 Å². The first-order chi connectivity index (χ1) is 12.8. The van der Waals surface area contributed by atoms with E-state index in [1.165, 1.54) is 54.4 Å². The first kappa shape index (κ1) is 18.9. The lowest BCUT2D eigenvalue weighted by atomic mass is 9.78. The number of hydrogen-bond donors (Lipinski definition) is 0. The molecule has 0 atom stereocenters. The molecule has 0 nitrogen and oxygen atoms in total. The molecule has 1 aliphatic carbocycles. The summed E-state index contributed by atoms with van der Waals surface area (Å²) in [5.41, 5.74) is 5.51. The third kappa shape index (κ3) is 5.06. The molecule has 2 aromatic carbocycles. The third-order valence-corrected chi connectivity index (χ3v) is 5.66. The molecule has 0 spiro atoms. The zero-order valence-electron chi connectivity index (χ0n) is 16.0. The van der Waals surface area contributed by atoms with Gasteiger partial charge in [-0.1, -0.05) is 74.0 Å². The molecule has 0 N–H and O–H groups in total. The lowest BCUT2D eigenvalue weighted by Crippen LogP contribution is -2.11. The number of aryl methyl sites for hydroxylation is 1. The molecule has 0 unspecified atom stereocenters. The van der Waals surface area contributed by atoms with E-state index in [0.717, 1.165) is 6.42 Å². The summed E-state index contributed by atoms with van der Waals surface area (Å²) in [5, 5.41) is 0.